The van der Waals surface area contributed by atoms with Crippen LogP contribution in [0.1, 0.15) is 33.5 Å². The first-order chi connectivity index (χ1) is 17.0. The van der Waals surface area contributed by atoms with Gasteiger partial charge in [0.15, 0.2) is 0 Å². The summed E-state index contributed by atoms with van der Waals surface area (Å²) >= 11 is 11.8. The monoisotopic (exact) mass is 571 g/mol. The van der Waals surface area contributed by atoms with Crippen LogP contribution >= 0.6 is 23.2 Å². The topological polar surface area (TPSA) is 93.4 Å². The highest BCUT2D eigenvalue weighted by molar-refractivity contribution is 6.34. The first-order valence-electron chi connectivity index (χ1n) is 10.3. The second kappa shape index (κ2) is 11.7. The molecule has 1 unspecified atom stereocenters. The van der Waals surface area contributed by atoms with Crippen molar-refractivity contribution >= 4 is 40.6 Å². The van der Waals surface area contributed by atoms with E-state index in [2.05, 4.69) is 16.7 Å². The Morgan fingerprint density at radius 2 is 1.59 bits per heavy atom. The summed E-state index contributed by atoms with van der Waals surface area (Å²) in [7, 11) is 0. The quantitative estimate of drug-likeness (QED) is 0.275. The molecule has 2 aromatic carbocycles. The molecule has 2 aromatic rings. The van der Waals surface area contributed by atoms with Crippen LogP contribution in [0.4, 0.5) is 26.3 Å². The average Bonchev–Trinajstić information content (AvgIpc) is 2.77. The van der Waals surface area contributed by atoms with Crippen LogP contribution in [-0.2, 0) is 15.2 Å². The summed E-state index contributed by atoms with van der Waals surface area (Å²) in [6.45, 7) is 2.92. The molecule has 2 amide bonds. The molecule has 0 saturated heterocycles. The van der Waals surface area contributed by atoms with Gasteiger partial charge in [0, 0.05) is 22.0 Å². The fourth-order valence-electron chi connectivity index (χ4n) is 3.39. The number of hydrogen-bond acceptors (Lipinski definition) is 4. The van der Waals surface area contributed by atoms with Gasteiger partial charge in [-0.25, -0.2) is 5.90 Å². The Hall–Kier alpha value is -2.80. The molecule has 1 atom stereocenters. The second-order valence-electron chi connectivity index (χ2n) is 7.99. The molecule has 0 aromatic heterocycles. The highest BCUT2D eigenvalue weighted by atomic mass is 35.5. The van der Waals surface area contributed by atoms with Gasteiger partial charge in [-0.15, -0.1) is 0 Å². The zero-order valence-corrected chi connectivity index (χ0v) is 20.6. The molecule has 0 aliphatic carbocycles. The predicted octanol–water partition coefficient (Wildman–Crippen LogP) is 5.46. The summed E-state index contributed by atoms with van der Waals surface area (Å²) in [5, 5.41) is 3.64. The van der Waals surface area contributed by atoms with Gasteiger partial charge in [-0.2, -0.15) is 26.3 Å². The van der Waals surface area contributed by atoms with E-state index in [1.54, 1.807) is 5.32 Å². The molecule has 0 fully saturated rings. The van der Waals surface area contributed by atoms with Crippen LogP contribution < -0.4 is 16.5 Å². The predicted molar refractivity (Wildman–Crippen MR) is 126 cm³/mol. The third-order valence-electron chi connectivity index (χ3n) is 5.23. The van der Waals surface area contributed by atoms with Crippen molar-refractivity contribution in [3.05, 3.63) is 75.3 Å². The summed E-state index contributed by atoms with van der Waals surface area (Å²) in [6.07, 6.45) is -10.5. The average molecular weight is 572 g/mol. The number of rotatable bonds is 9. The molecule has 4 N–H and O–H groups in total. The van der Waals surface area contributed by atoms with Crippen LogP contribution in [0.2, 0.25) is 10.0 Å². The maximum atomic E-state index is 14.2. The van der Waals surface area contributed by atoms with Gasteiger partial charge in [0.2, 0.25) is 11.5 Å². The molecule has 14 heteroatoms. The Morgan fingerprint density at radius 1 is 1.00 bits per heavy atom. The van der Waals surface area contributed by atoms with Crippen molar-refractivity contribution in [3.63, 3.8) is 0 Å². The van der Waals surface area contributed by atoms with Crippen molar-refractivity contribution < 1.29 is 40.8 Å². The first-order valence-corrected chi connectivity index (χ1v) is 11.1. The number of alkyl halides is 6. The van der Waals surface area contributed by atoms with Crippen LogP contribution in [0.5, 0.6) is 0 Å². The molecule has 37 heavy (non-hydrogen) atoms. The van der Waals surface area contributed by atoms with E-state index in [1.165, 1.54) is 31.2 Å². The lowest BCUT2D eigenvalue weighted by Gasteiger charge is -2.35. The van der Waals surface area contributed by atoms with E-state index < -0.39 is 54.8 Å². The fourth-order valence-corrected chi connectivity index (χ4v) is 3.91. The molecule has 0 aliphatic rings. The van der Waals surface area contributed by atoms with Crippen LogP contribution in [0.15, 0.2) is 43.0 Å². The SMILES string of the molecule is C=C(CC(ON)(c1cc(Cl)cc(Cl)c1)C(F)(F)F)c1ccc(C(=O)NCC(=O)NCC(F)(F)F)c(C)c1. The van der Waals surface area contributed by atoms with Gasteiger partial charge in [0.1, 0.15) is 6.54 Å². The minimum atomic E-state index is -5.01. The Morgan fingerprint density at radius 3 is 2.08 bits per heavy atom. The third kappa shape index (κ3) is 7.84. The van der Waals surface area contributed by atoms with Gasteiger partial charge in [-0.3, -0.25) is 14.4 Å². The summed E-state index contributed by atoms with van der Waals surface area (Å²) in [6, 6.07) is 7.25. The van der Waals surface area contributed by atoms with Gasteiger partial charge in [-0.1, -0.05) is 41.9 Å². The Labute approximate surface area is 217 Å². The number of nitrogens with two attached hydrogens (primary N) is 1. The Bertz CT molecular complexity index is 1170. The third-order valence-corrected chi connectivity index (χ3v) is 5.66. The van der Waals surface area contributed by atoms with Crippen LogP contribution in [-0.4, -0.2) is 37.3 Å². The first kappa shape index (κ1) is 30.4. The zero-order chi connectivity index (χ0) is 28.2. The molecule has 0 saturated carbocycles. The number of benzene rings is 2. The number of halogens is 8. The smallest absolute Gasteiger partial charge is 0.345 e. The second-order valence-corrected chi connectivity index (χ2v) is 8.86. The van der Waals surface area contributed by atoms with Crippen molar-refractivity contribution in [3.8, 4) is 0 Å². The largest absolute Gasteiger partial charge is 0.424 e. The van der Waals surface area contributed by atoms with Gasteiger partial charge in [0.05, 0.1) is 6.54 Å². The lowest BCUT2D eigenvalue weighted by molar-refractivity contribution is -0.285. The maximum absolute atomic E-state index is 14.2. The number of carbonyl (C=O) groups excluding carboxylic acids is 2. The van der Waals surface area contributed by atoms with Gasteiger partial charge >= 0.3 is 12.4 Å². The standard InChI is InChI=1S/C23H21Cl2F6N3O3/c1-12-5-14(3-4-18(12)20(36)33-10-19(35)34-11-22(26,27)28)13(2)9-21(37-32,23(29,30)31)15-6-16(24)8-17(25)7-15/h3-8H,2,9-11,32H2,1H3,(H,33,36)(H,34,35). The number of carbonyl (C=O) groups is 2. The molecule has 0 bridgehead atoms. The molecule has 0 aliphatic heterocycles. The summed E-state index contributed by atoms with van der Waals surface area (Å²) in [5.41, 5.74) is -3.00. The molecule has 202 valence electrons. The van der Waals surface area contributed by atoms with Crippen LogP contribution in [0, 0.1) is 6.92 Å². The highest BCUT2D eigenvalue weighted by Crippen LogP contribution is 2.48. The molecular formula is C23H21Cl2F6N3O3. The number of amides is 2. The van der Waals surface area contributed by atoms with E-state index in [4.69, 9.17) is 29.1 Å². The normalized spacial score (nSPS) is 13.6. The lowest BCUT2D eigenvalue weighted by atomic mass is 9.84. The van der Waals surface area contributed by atoms with E-state index in [9.17, 15) is 35.9 Å². The van der Waals surface area contributed by atoms with Crippen molar-refractivity contribution in [2.24, 2.45) is 5.90 Å². The molecule has 6 nitrogen and oxygen atoms in total. The van der Waals surface area contributed by atoms with Gasteiger partial charge < -0.3 is 10.6 Å². The number of nitrogens with one attached hydrogen (secondary N) is 2. The van der Waals surface area contributed by atoms with E-state index in [1.807, 2.05) is 0 Å². The van der Waals surface area contributed by atoms with Crippen molar-refractivity contribution in [2.45, 2.75) is 31.3 Å². The Kier molecular flexibility index (Phi) is 9.64. The summed E-state index contributed by atoms with van der Waals surface area (Å²) < 4.78 is 79.2. The number of hydrogen-bond donors (Lipinski definition) is 3. The van der Waals surface area contributed by atoms with Crippen molar-refractivity contribution in [1.29, 1.82) is 0 Å². The molecule has 0 radical (unpaired) electrons. The Balaban J connectivity index is 2.24. The van der Waals surface area contributed by atoms with E-state index in [0.29, 0.717) is 5.56 Å². The minimum absolute atomic E-state index is 0.0407. The van der Waals surface area contributed by atoms with Crippen LogP contribution in [0.3, 0.4) is 0 Å². The van der Waals surface area contributed by atoms with Crippen molar-refractivity contribution in [2.75, 3.05) is 13.1 Å². The molecule has 0 spiro atoms. The van der Waals surface area contributed by atoms with E-state index in [0.717, 1.165) is 12.1 Å². The van der Waals surface area contributed by atoms with Crippen molar-refractivity contribution in [1.82, 2.24) is 10.6 Å². The lowest BCUT2D eigenvalue weighted by Crippen LogP contribution is -2.47. The number of aryl methyl sites for hydroxylation is 1. The molecule has 2 rings (SSSR count). The zero-order valence-electron chi connectivity index (χ0n) is 19.1. The summed E-state index contributed by atoms with van der Waals surface area (Å²) in [4.78, 5) is 28.4. The van der Waals surface area contributed by atoms with E-state index in [-0.39, 0.29) is 26.7 Å². The van der Waals surface area contributed by atoms with Gasteiger partial charge in [0.25, 0.3) is 5.91 Å². The highest BCUT2D eigenvalue weighted by Gasteiger charge is 2.58. The van der Waals surface area contributed by atoms with E-state index >= 15 is 0 Å². The van der Waals surface area contributed by atoms with Crippen LogP contribution in [0.25, 0.3) is 5.57 Å². The molecular weight excluding hydrogens is 551 g/mol. The molecule has 0 heterocycles. The minimum Gasteiger partial charge on any atom is -0.345 e. The fraction of sp³-hybridized carbons (Fsp3) is 0.304. The van der Waals surface area contributed by atoms with Gasteiger partial charge in [-0.05, 0) is 53.5 Å². The summed E-state index contributed by atoms with van der Waals surface area (Å²) in [5.74, 6) is 3.32. The maximum Gasteiger partial charge on any atom is 0.424 e.